The standard InChI is InChI=1S/C13H12FNO3S/c1-8-2-3-9(6-10(8)14)11-7-19-13(18)15(11)5-4-12(16)17/h2-3,6-7H,4-5H2,1H3,(H,16,17). The molecule has 0 spiro atoms. The second-order valence-corrected chi connectivity index (χ2v) is 4.97. The number of nitrogens with zero attached hydrogens (tertiary/aromatic N) is 1. The minimum Gasteiger partial charge on any atom is -0.481 e. The van der Waals surface area contributed by atoms with Gasteiger partial charge in [-0.3, -0.25) is 14.2 Å². The summed E-state index contributed by atoms with van der Waals surface area (Å²) in [4.78, 5) is 22.0. The van der Waals surface area contributed by atoms with Crippen LogP contribution in [0.3, 0.4) is 0 Å². The van der Waals surface area contributed by atoms with E-state index in [4.69, 9.17) is 5.11 Å². The Labute approximate surface area is 112 Å². The Morgan fingerprint density at radius 2 is 2.21 bits per heavy atom. The van der Waals surface area contributed by atoms with Crippen LogP contribution in [0.4, 0.5) is 4.39 Å². The van der Waals surface area contributed by atoms with Crippen molar-refractivity contribution in [2.45, 2.75) is 19.9 Å². The van der Waals surface area contributed by atoms with Crippen LogP contribution in [0.1, 0.15) is 12.0 Å². The molecule has 19 heavy (non-hydrogen) atoms. The largest absolute Gasteiger partial charge is 0.481 e. The van der Waals surface area contributed by atoms with Crippen LogP contribution < -0.4 is 4.87 Å². The van der Waals surface area contributed by atoms with Crippen molar-refractivity contribution >= 4 is 17.3 Å². The van der Waals surface area contributed by atoms with Gasteiger partial charge in [-0.1, -0.05) is 23.5 Å². The second kappa shape index (κ2) is 5.36. The molecule has 2 rings (SSSR count). The zero-order chi connectivity index (χ0) is 14.0. The average molecular weight is 281 g/mol. The minimum atomic E-state index is -0.973. The molecule has 100 valence electrons. The molecule has 0 bridgehead atoms. The highest BCUT2D eigenvalue weighted by Gasteiger charge is 2.11. The Morgan fingerprint density at radius 3 is 2.84 bits per heavy atom. The van der Waals surface area contributed by atoms with Crippen molar-refractivity contribution in [2.24, 2.45) is 0 Å². The lowest BCUT2D eigenvalue weighted by Crippen LogP contribution is -2.16. The van der Waals surface area contributed by atoms with E-state index in [1.54, 1.807) is 24.4 Å². The number of carbonyl (C=O) groups is 1. The quantitative estimate of drug-likeness (QED) is 0.936. The first-order chi connectivity index (χ1) is 8.99. The molecule has 0 saturated heterocycles. The smallest absolute Gasteiger partial charge is 0.307 e. The fourth-order valence-electron chi connectivity index (χ4n) is 1.73. The molecule has 0 atom stereocenters. The fraction of sp³-hybridized carbons (Fsp3) is 0.231. The summed E-state index contributed by atoms with van der Waals surface area (Å²) in [6.07, 6.45) is -0.141. The Morgan fingerprint density at radius 1 is 1.47 bits per heavy atom. The summed E-state index contributed by atoms with van der Waals surface area (Å²) in [5, 5.41) is 10.3. The van der Waals surface area contributed by atoms with E-state index >= 15 is 0 Å². The van der Waals surface area contributed by atoms with Crippen LogP contribution in [-0.4, -0.2) is 15.6 Å². The number of hydrogen-bond acceptors (Lipinski definition) is 3. The molecule has 0 saturated carbocycles. The number of halogens is 1. The van der Waals surface area contributed by atoms with Gasteiger partial charge in [0.2, 0.25) is 0 Å². The summed E-state index contributed by atoms with van der Waals surface area (Å²) in [5.74, 6) is -1.32. The predicted octanol–water partition coefficient (Wildman–Crippen LogP) is 2.50. The predicted molar refractivity (Wildman–Crippen MR) is 71.0 cm³/mol. The third-order valence-electron chi connectivity index (χ3n) is 2.80. The first-order valence-electron chi connectivity index (χ1n) is 5.65. The summed E-state index contributed by atoms with van der Waals surface area (Å²) >= 11 is 0.980. The van der Waals surface area contributed by atoms with Gasteiger partial charge >= 0.3 is 10.8 Å². The number of aliphatic carboxylic acids is 1. The van der Waals surface area contributed by atoms with E-state index in [9.17, 15) is 14.0 Å². The molecule has 1 aromatic carbocycles. The molecule has 0 amide bonds. The SMILES string of the molecule is Cc1ccc(-c2csc(=O)n2CCC(=O)O)cc1F. The van der Waals surface area contributed by atoms with Crippen molar-refractivity contribution < 1.29 is 14.3 Å². The monoisotopic (exact) mass is 281 g/mol. The van der Waals surface area contributed by atoms with Gasteiger partial charge in [-0.15, -0.1) is 0 Å². The molecule has 1 heterocycles. The van der Waals surface area contributed by atoms with E-state index in [0.29, 0.717) is 16.8 Å². The van der Waals surface area contributed by atoms with Gasteiger partial charge in [-0.2, -0.15) is 0 Å². The lowest BCUT2D eigenvalue weighted by Gasteiger charge is -2.07. The van der Waals surface area contributed by atoms with Crippen molar-refractivity contribution in [3.8, 4) is 11.3 Å². The molecule has 1 N–H and O–H groups in total. The fourth-order valence-corrected chi connectivity index (χ4v) is 2.52. The van der Waals surface area contributed by atoms with E-state index in [1.807, 2.05) is 0 Å². The number of carboxylic acid groups (broad SMARTS) is 1. The van der Waals surface area contributed by atoms with Crippen molar-refractivity contribution in [2.75, 3.05) is 0 Å². The number of hydrogen-bond donors (Lipinski definition) is 1. The summed E-state index contributed by atoms with van der Waals surface area (Å²) in [5.41, 5.74) is 1.65. The Kier molecular flexibility index (Phi) is 3.80. The van der Waals surface area contributed by atoms with Crippen molar-refractivity contribution in [1.29, 1.82) is 0 Å². The third kappa shape index (κ3) is 2.90. The summed E-state index contributed by atoms with van der Waals surface area (Å²) in [6.45, 7) is 1.74. The van der Waals surface area contributed by atoms with E-state index in [2.05, 4.69) is 0 Å². The average Bonchev–Trinajstić information content (AvgIpc) is 2.71. The molecule has 0 unspecified atom stereocenters. The van der Waals surface area contributed by atoms with Gasteiger partial charge in [0, 0.05) is 17.5 Å². The van der Waals surface area contributed by atoms with Gasteiger partial charge in [-0.25, -0.2) is 4.39 Å². The van der Waals surface area contributed by atoms with Gasteiger partial charge < -0.3 is 5.11 Å². The molecule has 6 heteroatoms. The highest BCUT2D eigenvalue weighted by molar-refractivity contribution is 7.07. The van der Waals surface area contributed by atoms with Crippen LogP contribution in [0, 0.1) is 12.7 Å². The lowest BCUT2D eigenvalue weighted by atomic mass is 10.1. The van der Waals surface area contributed by atoms with Crippen LogP contribution >= 0.6 is 11.3 Å². The third-order valence-corrected chi connectivity index (χ3v) is 3.56. The highest BCUT2D eigenvalue weighted by Crippen LogP contribution is 2.22. The van der Waals surface area contributed by atoms with Crippen LogP contribution in [0.2, 0.25) is 0 Å². The first-order valence-corrected chi connectivity index (χ1v) is 6.53. The molecule has 0 aliphatic heterocycles. The highest BCUT2D eigenvalue weighted by atomic mass is 32.1. The zero-order valence-corrected chi connectivity index (χ0v) is 11.0. The molecule has 0 fully saturated rings. The Balaban J connectivity index is 2.41. The molecule has 1 aromatic heterocycles. The van der Waals surface area contributed by atoms with Crippen molar-refractivity contribution in [3.63, 3.8) is 0 Å². The number of aromatic nitrogens is 1. The minimum absolute atomic E-state index is 0.0858. The van der Waals surface area contributed by atoms with E-state index in [0.717, 1.165) is 11.3 Å². The molecule has 0 radical (unpaired) electrons. The topological polar surface area (TPSA) is 59.3 Å². The Hall–Kier alpha value is -1.95. The lowest BCUT2D eigenvalue weighted by molar-refractivity contribution is -0.137. The van der Waals surface area contributed by atoms with Gasteiger partial charge in [-0.05, 0) is 18.6 Å². The maximum atomic E-state index is 13.5. The maximum absolute atomic E-state index is 13.5. The van der Waals surface area contributed by atoms with E-state index in [1.165, 1.54) is 10.6 Å². The number of thiazole rings is 1. The van der Waals surface area contributed by atoms with E-state index in [-0.39, 0.29) is 23.7 Å². The molecule has 4 nitrogen and oxygen atoms in total. The van der Waals surface area contributed by atoms with E-state index < -0.39 is 5.97 Å². The van der Waals surface area contributed by atoms with Gasteiger partial charge in [0.05, 0.1) is 12.1 Å². The van der Waals surface area contributed by atoms with Crippen LogP contribution in [0.15, 0.2) is 28.4 Å². The molecule has 0 aliphatic carbocycles. The first kappa shape index (κ1) is 13.5. The number of carboxylic acids is 1. The number of benzene rings is 1. The number of rotatable bonds is 4. The molecular formula is C13H12FNO3S. The number of aryl methyl sites for hydroxylation is 1. The molecule has 0 aliphatic rings. The summed E-state index contributed by atoms with van der Waals surface area (Å²) < 4.78 is 14.9. The van der Waals surface area contributed by atoms with Crippen LogP contribution in [0.5, 0.6) is 0 Å². The maximum Gasteiger partial charge on any atom is 0.307 e. The van der Waals surface area contributed by atoms with Gasteiger partial charge in [0.15, 0.2) is 0 Å². The normalized spacial score (nSPS) is 10.6. The Bertz CT molecular complexity index is 675. The van der Waals surface area contributed by atoms with Gasteiger partial charge in [0.1, 0.15) is 5.82 Å². The van der Waals surface area contributed by atoms with Crippen LogP contribution in [-0.2, 0) is 11.3 Å². The van der Waals surface area contributed by atoms with Gasteiger partial charge in [0.25, 0.3) is 0 Å². The molecule has 2 aromatic rings. The second-order valence-electron chi connectivity index (χ2n) is 4.15. The summed E-state index contributed by atoms with van der Waals surface area (Å²) in [6, 6.07) is 4.71. The summed E-state index contributed by atoms with van der Waals surface area (Å²) in [7, 11) is 0. The van der Waals surface area contributed by atoms with Crippen molar-refractivity contribution in [1.82, 2.24) is 4.57 Å². The van der Waals surface area contributed by atoms with Crippen molar-refractivity contribution in [3.05, 3.63) is 44.6 Å². The van der Waals surface area contributed by atoms with Crippen LogP contribution in [0.25, 0.3) is 11.3 Å². The molecular weight excluding hydrogens is 269 g/mol. The zero-order valence-electron chi connectivity index (χ0n) is 10.2.